The fourth-order valence-corrected chi connectivity index (χ4v) is 5.06. The third kappa shape index (κ3) is 5.43. The van der Waals surface area contributed by atoms with E-state index in [4.69, 9.17) is 0 Å². The zero-order chi connectivity index (χ0) is 27.5. The smallest absolute Gasteiger partial charge is 0.270 e. The van der Waals surface area contributed by atoms with Gasteiger partial charge in [0.05, 0.1) is 26.7 Å². The molecular weight excluding hydrogens is 514 g/mol. The Hall–Kier alpha value is -5.15. The first-order valence-corrected chi connectivity index (χ1v) is 12.7. The number of carbonyl (C=O) groups excluding carboxylic acids is 3. The second-order valence-corrected chi connectivity index (χ2v) is 9.87. The molecule has 0 saturated carbocycles. The zero-order valence-electron chi connectivity index (χ0n) is 20.6. The summed E-state index contributed by atoms with van der Waals surface area (Å²) in [5.74, 6) is -1.17. The van der Waals surface area contributed by atoms with Crippen molar-refractivity contribution < 1.29 is 19.3 Å². The van der Waals surface area contributed by atoms with Crippen LogP contribution in [0, 0.1) is 17.0 Å². The van der Waals surface area contributed by atoms with E-state index in [2.05, 4.69) is 10.6 Å². The van der Waals surface area contributed by atoms with Gasteiger partial charge in [0.1, 0.15) is 0 Å². The van der Waals surface area contributed by atoms with Crippen molar-refractivity contribution >= 4 is 56.1 Å². The standard InChI is InChI=1S/C30H21N3O5S/c1-18-11-13-25(23(15-18)28(34)19-7-3-2-4-8-19)31-29(35)22-9-5-6-10-24(22)32-30(36)27-17-20-16-21(33(37)38)12-14-26(20)39-27/h2-17H,1H3,(H,31,35)(H,32,36). The lowest BCUT2D eigenvalue weighted by Crippen LogP contribution is -2.19. The predicted octanol–water partition coefficient (Wildman–Crippen LogP) is 6.85. The molecule has 0 unspecified atom stereocenters. The lowest BCUT2D eigenvalue weighted by molar-refractivity contribution is -0.384. The van der Waals surface area contributed by atoms with Crippen molar-refractivity contribution in [3.8, 4) is 0 Å². The molecule has 1 aromatic heterocycles. The minimum absolute atomic E-state index is 0.0597. The van der Waals surface area contributed by atoms with Crippen LogP contribution in [-0.2, 0) is 0 Å². The molecule has 39 heavy (non-hydrogen) atoms. The average molecular weight is 536 g/mol. The molecule has 0 saturated heterocycles. The number of fused-ring (bicyclic) bond motifs is 1. The molecule has 0 radical (unpaired) electrons. The van der Waals surface area contributed by atoms with E-state index in [1.165, 1.54) is 23.5 Å². The number of benzene rings is 4. The second kappa shape index (κ2) is 10.7. The third-order valence-electron chi connectivity index (χ3n) is 6.06. The number of aryl methyl sites for hydroxylation is 1. The average Bonchev–Trinajstić information content (AvgIpc) is 3.38. The van der Waals surface area contributed by atoms with Gasteiger partial charge in [0.2, 0.25) is 0 Å². The van der Waals surface area contributed by atoms with Gasteiger partial charge in [-0.15, -0.1) is 11.3 Å². The molecule has 0 aliphatic carbocycles. The molecule has 0 fully saturated rings. The minimum atomic E-state index is -0.496. The highest BCUT2D eigenvalue weighted by molar-refractivity contribution is 7.20. The molecule has 0 atom stereocenters. The van der Waals surface area contributed by atoms with E-state index in [1.54, 1.807) is 78.9 Å². The first kappa shape index (κ1) is 25.5. The third-order valence-corrected chi connectivity index (χ3v) is 7.17. The van der Waals surface area contributed by atoms with E-state index < -0.39 is 16.7 Å². The molecule has 192 valence electrons. The molecule has 8 nitrogen and oxygen atoms in total. The van der Waals surface area contributed by atoms with Crippen LogP contribution in [-0.4, -0.2) is 22.5 Å². The van der Waals surface area contributed by atoms with Gasteiger partial charge >= 0.3 is 0 Å². The normalized spacial score (nSPS) is 10.7. The number of thiophene rings is 1. The Labute approximate surface area is 227 Å². The number of carbonyl (C=O) groups is 3. The van der Waals surface area contributed by atoms with Crippen molar-refractivity contribution in [3.05, 3.63) is 134 Å². The molecule has 0 aliphatic heterocycles. The fraction of sp³-hybridized carbons (Fsp3) is 0.0333. The van der Waals surface area contributed by atoms with Crippen LogP contribution in [0.1, 0.15) is 41.5 Å². The van der Waals surface area contributed by atoms with Gasteiger partial charge in [-0.1, -0.05) is 54.1 Å². The SMILES string of the molecule is Cc1ccc(NC(=O)c2ccccc2NC(=O)c2cc3cc([N+](=O)[O-])ccc3s2)c(C(=O)c2ccccc2)c1. The van der Waals surface area contributed by atoms with Crippen LogP contribution in [0.25, 0.3) is 10.1 Å². The van der Waals surface area contributed by atoms with Crippen molar-refractivity contribution in [1.82, 2.24) is 0 Å². The second-order valence-electron chi connectivity index (χ2n) is 8.79. The van der Waals surface area contributed by atoms with Gasteiger partial charge in [-0.3, -0.25) is 24.5 Å². The Morgan fingerprint density at radius 1 is 0.744 bits per heavy atom. The summed E-state index contributed by atoms with van der Waals surface area (Å²) in [6.45, 7) is 1.87. The number of nitrogens with zero attached hydrogens (tertiary/aromatic N) is 1. The quantitative estimate of drug-likeness (QED) is 0.134. The van der Waals surface area contributed by atoms with Gasteiger partial charge in [-0.05, 0) is 43.3 Å². The Kier molecular flexibility index (Phi) is 6.98. The number of ketones is 1. The van der Waals surface area contributed by atoms with Gasteiger partial charge in [-0.2, -0.15) is 0 Å². The van der Waals surface area contributed by atoms with Crippen LogP contribution < -0.4 is 10.6 Å². The number of non-ortho nitro benzene ring substituents is 1. The van der Waals surface area contributed by atoms with E-state index in [-0.39, 0.29) is 22.7 Å². The van der Waals surface area contributed by atoms with Crippen LogP contribution in [0.5, 0.6) is 0 Å². The van der Waals surface area contributed by atoms with Crippen molar-refractivity contribution in [2.24, 2.45) is 0 Å². The van der Waals surface area contributed by atoms with Gasteiger partial charge in [-0.25, -0.2) is 0 Å². The molecule has 0 spiro atoms. The van der Waals surface area contributed by atoms with Crippen LogP contribution in [0.15, 0.2) is 97.1 Å². The van der Waals surface area contributed by atoms with Crippen molar-refractivity contribution in [1.29, 1.82) is 0 Å². The summed E-state index contributed by atoms with van der Waals surface area (Å²) in [5.41, 5.74) is 2.51. The molecule has 5 aromatic rings. The number of nitro benzene ring substituents is 1. The van der Waals surface area contributed by atoms with Gasteiger partial charge in [0, 0.05) is 33.3 Å². The Balaban J connectivity index is 1.40. The van der Waals surface area contributed by atoms with Crippen molar-refractivity contribution in [2.75, 3.05) is 10.6 Å². The molecule has 9 heteroatoms. The van der Waals surface area contributed by atoms with E-state index in [1.807, 2.05) is 13.0 Å². The summed E-state index contributed by atoms with van der Waals surface area (Å²) in [5, 5.41) is 17.3. The topological polar surface area (TPSA) is 118 Å². The Bertz CT molecular complexity index is 1760. The van der Waals surface area contributed by atoms with Gasteiger partial charge in [0.25, 0.3) is 17.5 Å². The van der Waals surface area contributed by atoms with Crippen LogP contribution in [0.4, 0.5) is 17.1 Å². The molecule has 2 N–H and O–H groups in total. The number of hydrogen-bond acceptors (Lipinski definition) is 6. The number of anilines is 2. The maximum absolute atomic E-state index is 13.4. The summed E-state index contributed by atoms with van der Waals surface area (Å²) in [4.78, 5) is 50.5. The van der Waals surface area contributed by atoms with E-state index >= 15 is 0 Å². The number of nitro groups is 1. The summed E-state index contributed by atoms with van der Waals surface area (Å²) < 4.78 is 0.728. The first-order valence-electron chi connectivity index (χ1n) is 11.9. The van der Waals surface area contributed by atoms with E-state index in [0.29, 0.717) is 27.1 Å². The number of amides is 2. The first-order chi connectivity index (χ1) is 18.8. The number of hydrogen-bond donors (Lipinski definition) is 2. The van der Waals surface area contributed by atoms with Crippen LogP contribution in [0.2, 0.25) is 0 Å². The highest BCUT2D eigenvalue weighted by atomic mass is 32.1. The number of nitrogens with one attached hydrogen (secondary N) is 2. The summed E-state index contributed by atoms with van der Waals surface area (Å²) in [6, 6.07) is 26.6. The fourth-order valence-electron chi connectivity index (χ4n) is 4.12. The summed E-state index contributed by atoms with van der Waals surface area (Å²) >= 11 is 1.19. The minimum Gasteiger partial charge on any atom is -0.321 e. The monoisotopic (exact) mass is 535 g/mol. The van der Waals surface area contributed by atoms with Gasteiger partial charge < -0.3 is 10.6 Å². The predicted molar refractivity (Wildman–Crippen MR) is 152 cm³/mol. The summed E-state index contributed by atoms with van der Waals surface area (Å²) in [7, 11) is 0. The summed E-state index contributed by atoms with van der Waals surface area (Å²) in [6.07, 6.45) is 0. The lowest BCUT2D eigenvalue weighted by atomic mass is 9.99. The number of para-hydroxylation sites is 1. The Morgan fingerprint density at radius 3 is 2.21 bits per heavy atom. The molecule has 2 amide bonds. The molecule has 0 bridgehead atoms. The molecular formula is C30H21N3O5S. The molecule has 1 heterocycles. The largest absolute Gasteiger partial charge is 0.321 e. The number of rotatable bonds is 7. The molecule has 0 aliphatic rings. The highest BCUT2D eigenvalue weighted by Gasteiger charge is 2.20. The van der Waals surface area contributed by atoms with E-state index in [0.717, 1.165) is 10.3 Å². The maximum Gasteiger partial charge on any atom is 0.270 e. The highest BCUT2D eigenvalue weighted by Crippen LogP contribution is 2.30. The van der Waals surface area contributed by atoms with Gasteiger partial charge in [0.15, 0.2) is 5.78 Å². The van der Waals surface area contributed by atoms with Crippen molar-refractivity contribution in [2.45, 2.75) is 6.92 Å². The van der Waals surface area contributed by atoms with Crippen molar-refractivity contribution in [3.63, 3.8) is 0 Å². The van der Waals surface area contributed by atoms with Crippen LogP contribution in [0.3, 0.4) is 0 Å². The maximum atomic E-state index is 13.4. The zero-order valence-corrected chi connectivity index (χ0v) is 21.5. The van der Waals surface area contributed by atoms with E-state index in [9.17, 15) is 24.5 Å². The molecule has 4 aromatic carbocycles. The molecule has 5 rings (SSSR count). The lowest BCUT2D eigenvalue weighted by Gasteiger charge is -2.14. The Morgan fingerprint density at radius 2 is 1.44 bits per heavy atom. The van der Waals surface area contributed by atoms with Crippen LogP contribution >= 0.6 is 11.3 Å².